The van der Waals surface area contributed by atoms with Crippen LogP contribution in [0.1, 0.15) is 65.7 Å². The van der Waals surface area contributed by atoms with Gasteiger partial charge in [-0.25, -0.2) is 0 Å². The Morgan fingerprint density at radius 3 is 2.19 bits per heavy atom. The highest BCUT2D eigenvalue weighted by Crippen LogP contribution is 2.30. The molecule has 0 rings (SSSR count). The molecule has 0 aromatic rings. The summed E-state index contributed by atoms with van der Waals surface area (Å²) in [6, 6.07) is 0. The largest absolute Gasteiger partial charge is 0.396 e. The van der Waals surface area contributed by atoms with Gasteiger partial charge in [-0.3, -0.25) is 0 Å². The number of hydrogen-bond acceptors (Lipinski definition) is 1. The summed E-state index contributed by atoms with van der Waals surface area (Å²) in [6.07, 6.45) is 8.23. The summed E-state index contributed by atoms with van der Waals surface area (Å²) in [5.41, 5.74) is 0. The van der Waals surface area contributed by atoms with Crippen LogP contribution in [0.2, 0.25) is 0 Å². The predicted molar refractivity (Wildman–Crippen MR) is 73.0 cm³/mol. The van der Waals surface area contributed by atoms with Gasteiger partial charge in [0.1, 0.15) is 0 Å². The monoisotopic (exact) mass is 248 g/mol. The minimum atomic E-state index is 0.293. The first-order valence-corrected chi connectivity index (χ1v) is 7.35. The van der Waals surface area contributed by atoms with E-state index in [-0.39, 0.29) is 0 Å². The molecule has 0 saturated carbocycles. The number of aliphatic hydroxyl groups is 1. The van der Waals surface area contributed by atoms with Crippen LogP contribution in [0.3, 0.4) is 0 Å². The highest BCUT2D eigenvalue weighted by Gasteiger charge is 2.23. The fourth-order valence-corrected chi connectivity index (χ4v) is 2.95. The van der Waals surface area contributed by atoms with Gasteiger partial charge in [0, 0.05) is 12.0 Å². The molecule has 98 valence electrons. The Hall–Kier alpha value is 0.250. The van der Waals surface area contributed by atoms with Crippen molar-refractivity contribution in [1.82, 2.24) is 0 Å². The van der Waals surface area contributed by atoms with Crippen molar-refractivity contribution < 1.29 is 5.11 Å². The normalized spacial score (nSPS) is 17.1. The second kappa shape index (κ2) is 10.4. The lowest BCUT2D eigenvalue weighted by molar-refractivity contribution is 0.214. The second-order valence-corrected chi connectivity index (χ2v) is 5.51. The third-order valence-electron chi connectivity index (χ3n) is 3.49. The molecule has 3 atom stereocenters. The average Bonchev–Trinajstić information content (AvgIpc) is 2.25. The van der Waals surface area contributed by atoms with Gasteiger partial charge in [-0.15, -0.1) is 11.6 Å². The first kappa shape index (κ1) is 16.2. The van der Waals surface area contributed by atoms with Crippen LogP contribution >= 0.6 is 11.6 Å². The van der Waals surface area contributed by atoms with Crippen molar-refractivity contribution in [1.29, 1.82) is 0 Å². The van der Waals surface area contributed by atoms with Gasteiger partial charge in [0.05, 0.1) is 0 Å². The van der Waals surface area contributed by atoms with E-state index in [1.807, 2.05) is 0 Å². The minimum absolute atomic E-state index is 0.293. The predicted octanol–water partition coefficient (Wildman–Crippen LogP) is 4.61. The molecule has 0 radical (unpaired) electrons. The number of rotatable bonds is 10. The van der Waals surface area contributed by atoms with Crippen LogP contribution in [0.25, 0.3) is 0 Å². The van der Waals surface area contributed by atoms with Crippen molar-refractivity contribution in [3.8, 4) is 0 Å². The Kier molecular flexibility index (Phi) is 10.6. The molecule has 16 heavy (non-hydrogen) atoms. The maximum absolute atomic E-state index is 9.03. The quantitative estimate of drug-likeness (QED) is 0.442. The molecule has 1 N–H and O–H groups in total. The van der Waals surface area contributed by atoms with Gasteiger partial charge in [0.25, 0.3) is 0 Å². The molecule has 0 saturated heterocycles. The number of aliphatic hydroxyl groups excluding tert-OH is 1. The summed E-state index contributed by atoms with van der Waals surface area (Å²) >= 11 is 6.47. The molecule has 0 aliphatic carbocycles. The molecular formula is C14H29ClO. The Morgan fingerprint density at radius 1 is 1.00 bits per heavy atom. The van der Waals surface area contributed by atoms with E-state index >= 15 is 0 Å². The van der Waals surface area contributed by atoms with Gasteiger partial charge in [-0.1, -0.05) is 46.5 Å². The third-order valence-corrected chi connectivity index (χ3v) is 4.03. The number of unbranched alkanes of at least 4 members (excludes halogenated alkanes) is 2. The second-order valence-electron chi connectivity index (χ2n) is 4.95. The lowest BCUT2D eigenvalue weighted by Crippen LogP contribution is -2.23. The SMILES string of the molecule is CCCCCC(C(C)CCO)C(Cl)CCC. The Morgan fingerprint density at radius 2 is 1.69 bits per heavy atom. The van der Waals surface area contributed by atoms with Gasteiger partial charge < -0.3 is 5.11 Å². The van der Waals surface area contributed by atoms with Gasteiger partial charge in [-0.2, -0.15) is 0 Å². The van der Waals surface area contributed by atoms with Crippen LogP contribution in [0.4, 0.5) is 0 Å². The van der Waals surface area contributed by atoms with E-state index in [1.54, 1.807) is 0 Å². The summed E-state index contributed by atoms with van der Waals surface area (Å²) in [7, 11) is 0. The summed E-state index contributed by atoms with van der Waals surface area (Å²) in [5, 5.41) is 9.32. The van der Waals surface area contributed by atoms with Crippen molar-refractivity contribution in [2.75, 3.05) is 6.61 Å². The van der Waals surface area contributed by atoms with E-state index in [0.717, 1.165) is 19.3 Å². The lowest BCUT2D eigenvalue weighted by atomic mass is 9.83. The molecule has 0 fully saturated rings. The van der Waals surface area contributed by atoms with E-state index in [2.05, 4.69) is 20.8 Å². The average molecular weight is 249 g/mol. The van der Waals surface area contributed by atoms with Gasteiger partial charge in [0.15, 0.2) is 0 Å². The molecule has 3 unspecified atom stereocenters. The number of hydrogen-bond donors (Lipinski definition) is 1. The molecule has 0 amide bonds. The fraction of sp³-hybridized carbons (Fsp3) is 1.00. The summed E-state index contributed by atoms with van der Waals surface area (Å²) in [4.78, 5) is 0. The topological polar surface area (TPSA) is 20.2 Å². The van der Waals surface area contributed by atoms with Crippen molar-refractivity contribution in [2.24, 2.45) is 11.8 Å². The van der Waals surface area contributed by atoms with Crippen molar-refractivity contribution in [3.63, 3.8) is 0 Å². The molecule has 0 aromatic heterocycles. The first-order chi connectivity index (χ1) is 7.67. The molecule has 0 bridgehead atoms. The highest BCUT2D eigenvalue weighted by atomic mass is 35.5. The van der Waals surface area contributed by atoms with Crippen LogP contribution in [0.5, 0.6) is 0 Å². The van der Waals surface area contributed by atoms with Gasteiger partial charge >= 0.3 is 0 Å². The fourth-order valence-electron chi connectivity index (χ4n) is 2.36. The number of halogens is 1. The van der Waals surface area contributed by atoms with Gasteiger partial charge in [0.2, 0.25) is 0 Å². The Bertz CT molecular complexity index is 138. The first-order valence-electron chi connectivity index (χ1n) is 6.92. The van der Waals surface area contributed by atoms with Crippen LogP contribution in [-0.4, -0.2) is 17.1 Å². The highest BCUT2D eigenvalue weighted by molar-refractivity contribution is 6.20. The molecule has 0 aliphatic rings. The van der Waals surface area contributed by atoms with E-state index in [1.165, 1.54) is 25.7 Å². The molecule has 1 nitrogen and oxygen atoms in total. The standard InChI is InChI=1S/C14H29ClO/c1-4-6-7-9-13(12(3)10-11-16)14(15)8-5-2/h12-14,16H,4-11H2,1-3H3. The Labute approximate surface area is 107 Å². The van der Waals surface area contributed by atoms with Crippen LogP contribution in [0, 0.1) is 11.8 Å². The zero-order chi connectivity index (χ0) is 12.4. The molecule has 0 aliphatic heterocycles. The van der Waals surface area contributed by atoms with Crippen LogP contribution in [0.15, 0.2) is 0 Å². The van der Waals surface area contributed by atoms with Crippen molar-refractivity contribution in [2.45, 2.75) is 71.1 Å². The van der Waals surface area contributed by atoms with Crippen molar-refractivity contribution >= 4 is 11.6 Å². The van der Waals surface area contributed by atoms with E-state index in [4.69, 9.17) is 16.7 Å². The third kappa shape index (κ3) is 6.75. The Balaban J connectivity index is 4.13. The summed E-state index contributed by atoms with van der Waals surface area (Å²) in [6.45, 7) is 6.95. The van der Waals surface area contributed by atoms with E-state index in [9.17, 15) is 0 Å². The summed E-state index contributed by atoms with van der Waals surface area (Å²) < 4.78 is 0. The maximum atomic E-state index is 9.03. The molecular weight excluding hydrogens is 220 g/mol. The molecule has 2 heteroatoms. The lowest BCUT2D eigenvalue weighted by Gasteiger charge is -2.28. The van der Waals surface area contributed by atoms with Crippen molar-refractivity contribution in [3.05, 3.63) is 0 Å². The van der Waals surface area contributed by atoms with E-state index in [0.29, 0.717) is 23.8 Å². The molecule has 0 heterocycles. The summed E-state index contributed by atoms with van der Waals surface area (Å²) in [5.74, 6) is 1.14. The number of alkyl halides is 1. The smallest absolute Gasteiger partial charge is 0.0433 e. The van der Waals surface area contributed by atoms with Crippen LogP contribution in [-0.2, 0) is 0 Å². The van der Waals surface area contributed by atoms with Crippen LogP contribution < -0.4 is 0 Å². The van der Waals surface area contributed by atoms with E-state index < -0.39 is 0 Å². The zero-order valence-electron chi connectivity index (χ0n) is 11.2. The molecule has 0 aromatic carbocycles. The van der Waals surface area contributed by atoms with Gasteiger partial charge in [-0.05, 0) is 31.1 Å². The zero-order valence-corrected chi connectivity index (χ0v) is 12.0. The maximum Gasteiger partial charge on any atom is 0.0433 e. The minimum Gasteiger partial charge on any atom is -0.396 e. The molecule has 0 spiro atoms.